The Hall–Kier alpha value is -3.17. The first-order valence-corrected chi connectivity index (χ1v) is 11.3. The van der Waals surface area contributed by atoms with Gasteiger partial charge in [-0.25, -0.2) is 4.98 Å². The maximum absolute atomic E-state index is 12.6. The number of H-pyrrole nitrogens is 1. The van der Waals surface area contributed by atoms with E-state index in [4.69, 9.17) is 0 Å². The maximum Gasteiger partial charge on any atom is 0.252 e. The molecule has 0 unspecified atom stereocenters. The van der Waals surface area contributed by atoms with Crippen molar-refractivity contribution in [2.24, 2.45) is 0 Å². The molecule has 3 heterocycles. The highest BCUT2D eigenvalue weighted by atomic mass is 32.2. The Kier molecular flexibility index (Phi) is 6.10. The summed E-state index contributed by atoms with van der Waals surface area (Å²) >= 11 is 3.08. The van der Waals surface area contributed by atoms with Crippen LogP contribution in [0.1, 0.15) is 11.3 Å². The van der Waals surface area contributed by atoms with Crippen molar-refractivity contribution in [3.05, 3.63) is 81.6 Å². The summed E-state index contributed by atoms with van der Waals surface area (Å²) in [6.45, 7) is 1.74. The molecule has 0 spiro atoms. The van der Waals surface area contributed by atoms with E-state index in [-0.39, 0.29) is 17.4 Å². The molecule has 0 aliphatic heterocycles. The molecule has 0 atom stereocenters. The number of nitrogens with zero attached hydrogens (tertiary/aromatic N) is 3. The van der Waals surface area contributed by atoms with E-state index in [9.17, 15) is 9.59 Å². The van der Waals surface area contributed by atoms with Gasteiger partial charge in [-0.15, -0.1) is 23.1 Å². The van der Waals surface area contributed by atoms with E-state index in [2.05, 4.69) is 20.4 Å². The van der Waals surface area contributed by atoms with Gasteiger partial charge < -0.3 is 5.32 Å². The molecule has 7 nitrogen and oxygen atoms in total. The summed E-state index contributed by atoms with van der Waals surface area (Å²) in [6.07, 6.45) is 0. The fourth-order valence-electron chi connectivity index (χ4n) is 2.85. The van der Waals surface area contributed by atoms with Crippen molar-refractivity contribution in [3.63, 3.8) is 0 Å². The van der Waals surface area contributed by atoms with E-state index in [1.54, 1.807) is 24.3 Å². The number of amides is 1. The molecule has 0 aliphatic rings. The SMILES string of the molecule is Cc1cc(=O)[nH]c(-n2nc(-c3cccs3)cc2NC(=O)CSCc2ccccc2)n1. The zero-order valence-electron chi connectivity index (χ0n) is 16.2. The van der Waals surface area contributed by atoms with Gasteiger partial charge >= 0.3 is 0 Å². The van der Waals surface area contributed by atoms with Crippen molar-refractivity contribution >= 4 is 34.8 Å². The van der Waals surface area contributed by atoms with Crippen molar-refractivity contribution in [1.82, 2.24) is 19.7 Å². The summed E-state index contributed by atoms with van der Waals surface area (Å²) in [6, 6.07) is 17.1. The van der Waals surface area contributed by atoms with Crippen molar-refractivity contribution in [2.45, 2.75) is 12.7 Å². The smallest absolute Gasteiger partial charge is 0.252 e. The molecular formula is C21H19N5O2S2. The van der Waals surface area contributed by atoms with Gasteiger partial charge in [0.15, 0.2) is 0 Å². The second-order valence-corrected chi connectivity index (χ2v) is 8.47. The predicted octanol–water partition coefficient (Wildman–Crippen LogP) is 3.86. The number of aromatic amines is 1. The summed E-state index contributed by atoms with van der Waals surface area (Å²) in [5, 5.41) is 9.42. The third kappa shape index (κ3) is 4.87. The molecule has 3 aromatic heterocycles. The van der Waals surface area contributed by atoms with Crippen molar-refractivity contribution < 1.29 is 4.79 Å². The minimum absolute atomic E-state index is 0.148. The molecule has 0 fully saturated rings. The molecule has 0 radical (unpaired) electrons. The first-order chi connectivity index (χ1) is 14.6. The number of hydrogen-bond acceptors (Lipinski definition) is 6. The van der Waals surface area contributed by atoms with Crippen LogP contribution in [0.25, 0.3) is 16.5 Å². The minimum Gasteiger partial charge on any atom is -0.310 e. The van der Waals surface area contributed by atoms with E-state index in [0.29, 0.717) is 23.0 Å². The lowest BCUT2D eigenvalue weighted by molar-refractivity contribution is -0.113. The zero-order chi connectivity index (χ0) is 20.9. The third-order valence-electron chi connectivity index (χ3n) is 4.15. The van der Waals surface area contributed by atoms with Crippen molar-refractivity contribution in [3.8, 4) is 16.5 Å². The minimum atomic E-state index is -0.277. The van der Waals surface area contributed by atoms with E-state index in [0.717, 1.165) is 10.6 Å². The van der Waals surface area contributed by atoms with E-state index in [1.165, 1.54) is 28.1 Å². The highest BCUT2D eigenvalue weighted by molar-refractivity contribution is 7.99. The fraction of sp³-hybridized carbons (Fsp3) is 0.143. The molecule has 0 saturated carbocycles. The standard InChI is InChI=1S/C21H19N5O2S2/c1-14-10-19(27)24-21(22-14)26-18(11-16(25-26)17-8-5-9-30-17)23-20(28)13-29-12-15-6-3-2-4-7-15/h2-11H,12-13H2,1H3,(H,23,28)(H,22,24,27). The van der Waals surface area contributed by atoms with E-state index >= 15 is 0 Å². The molecule has 1 aromatic carbocycles. The maximum atomic E-state index is 12.6. The second-order valence-electron chi connectivity index (χ2n) is 6.54. The number of aryl methyl sites for hydroxylation is 1. The summed E-state index contributed by atoms with van der Waals surface area (Å²) < 4.78 is 1.46. The molecule has 0 bridgehead atoms. The summed E-state index contributed by atoms with van der Waals surface area (Å²) in [5.41, 5.74) is 2.15. The van der Waals surface area contributed by atoms with Gasteiger partial charge in [-0.1, -0.05) is 36.4 Å². The normalized spacial score (nSPS) is 10.8. The first kappa shape index (κ1) is 20.1. The number of hydrogen-bond donors (Lipinski definition) is 2. The molecule has 0 saturated heterocycles. The number of thiophene rings is 1. The van der Waals surface area contributed by atoms with Gasteiger partial charge in [0.1, 0.15) is 11.5 Å². The molecule has 0 aliphatic carbocycles. The average Bonchev–Trinajstić information content (AvgIpc) is 3.38. The van der Waals surface area contributed by atoms with Gasteiger partial charge in [0.2, 0.25) is 11.9 Å². The third-order valence-corrected chi connectivity index (χ3v) is 6.05. The number of benzene rings is 1. The lowest BCUT2D eigenvalue weighted by atomic mass is 10.2. The van der Waals surface area contributed by atoms with Crippen LogP contribution >= 0.6 is 23.1 Å². The van der Waals surface area contributed by atoms with Gasteiger partial charge in [-0.2, -0.15) is 9.78 Å². The summed E-state index contributed by atoms with van der Waals surface area (Å²) in [4.78, 5) is 32.5. The van der Waals surface area contributed by atoms with E-state index in [1.807, 2.05) is 47.8 Å². The predicted molar refractivity (Wildman–Crippen MR) is 121 cm³/mol. The van der Waals surface area contributed by atoms with Gasteiger partial charge in [0.05, 0.1) is 10.6 Å². The van der Waals surface area contributed by atoms with Gasteiger partial charge in [-0.05, 0) is 23.9 Å². The van der Waals surface area contributed by atoms with Crippen LogP contribution in [-0.2, 0) is 10.5 Å². The first-order valence-electron chi connectivity index (χ1n) is 9.22. The Bertz CT molecular complexity index is 1200. The zero-order valence-corrected chi connectivity index (χ0v) is 17.8. The molecular weight excluding hydrogens is 418 g/mol. The van der Waals surface area contributed by atoms with Crippen LogP contribution in [0.5, 0.6) is 0 Å². The van der Waals surface area contributed by atoms with Crippen LogP contribution in [0.3, 0.4) is 0 Å². The Morgan fingerprint density at radius 1 is 1.20 bits per heavy atom. The molecule has 9 heteroatoms. The van der Waals surface area contributed by atoms with Crippen LogP contribution in [-0.4, -0.2) is 31.4 Å². The number of rotatable bonds is 7. The van der Waals surface area contributed by atoms with Crippen LogP contribution in [0, 0.1) is 6.92 Å². The Morgan fingerprint density at radius 3 is 2.77 bits per heavy atom. The molecule has 30 heavy (non-hydrogen) atoms. The van der Waals surface area contributed by atoms with Crippen LogP contribution in [0.15, 0.2) is 64.8 Å². The highest BCUT2D eigenvalue weighted by Gasteiger charge is 2.16. The number of carbonyl (C=O) groups excluding carboxylic acids is 1. The number of nitrogens with one attached hydrogen (secondary N) is 2. The van der Waals surface area contributed by atoms with Crippen LogP contribution < -0.4 is 10.9 Å². The lowest BCUT2D eigenvalue weighted by Crippen LogP contribution is -2.20. The largest absolute Gasteiger partial charge is 0.310 e. The number of carbonyl (C=O) groups is 1. The monoisotopic (exact) mass is 437 g/mol. The van der Waals surface area contributed by atoms with Gasteiger partial charge in [0, 0.05) is 23.6 Å². The Labute approximate surface area is 181 Å². The Morgan fingerprint density at radius 2 is 2.03 bits per heavy atom. The highest BCUT2D eigenvalue weighted by Crippen LogP contribution is 2.27. The molecule has 4 aromatic rings. The molecule has 1 amide bonds. The average molecular weight is 438 g/mol. The topological polar surface area (TPSA) is 92.7 Å². The summed E-state index contributed by atoms with van der Waals surface area (Å²) in [7, 11) is 0. The van der Waals surface area contributed by atoms with Gasteiger partial charge in [0.25, 0.3) is 5.56 Å². The van der Waals surface area contributed by atoms with Crippen molar-refractivity contribution in [1.29, 1.82) is 0 Å². The fourth-order valence-corrected chi connectivity index (χ4v) is 4.32. The molecule has 2 N–H and O–H groups in total. The Balaban J connectivity index is 1.55. The second kappa shape index (κ2) is 9.10. The number of anilines is 1. The van der Waals surface area contributed by atoms with Gasteiger partial charge in [-0.3, -0.25) is 14.6 Å². The quantitative estimate of drug-likeness (QED) is 0.458. The van der Waals surface area contributed by atoms with Crippen molar-refractivity contribution in [2.75, 3.05) is 11.1 Å². The van der Waals surface area contributed by atoms with E-state index < -0.39 is 0 Å². The van der Waals surface area contributed by atoms with Crippen LogP contribution in [0.4, 0.5) is 5.82 Å². The molecule has 152 valence electrons. The number of aromatic nitrogens is 4. The lowest BCUT2D eigenvalue weighted by Gasteiger charge is -2.08. The number of thioether (sulfide) groups is 1. The van der Waals surface area contributed by atoms with Crippen LogP contribution in [0.2, 0.25) is 0 Å². The summed E-state index contributed by atoms with van der Waals surface area (Å²) in [5.74, 6) is 1.62. The molecule has 4 rings (SSSR count).